The molecule has 6 rings (SSSR count). The monoisotopic (exact) mass is 795 g/mol. The number of anilines is 2. The number of nitro groups is 1. The number of nitrogens with one attached hydrogen (secondary N) is 2. The number of rotatable bonds is 13. The molecule has 0 bridgehead atoms. The summed E-state index contributed by atoms with van der Waals surface area (Å²) in [7, 11) is 2.99. The lowest BCUT2D eigenvalue weighted by Gasteiger charge is -2.09. The largest absolute Gasteiger partial charge is 0.497 e. The van der Waals surface area contributed by atoms with Gasteiger partial charge in [-0.25, -0.2) is 0 Å². The van der Waals surface area contributed by atoms with Crippen LogP contribution in [0.3, 0.4) is 0 Å². The molecule has 0 aliphatic carbocycles. The zero-order valence-corrected chi connectivity index (χ0v) is 31.3. The highest BCUT2D eigenvalue weighted by Crippen LogP contribution is 2.28. The van der Waals surface area contributed by atoms with Crippen LogP contribution in [0.2, 0.25) is 0 Å². The Bertz CT molecular complexity index is 2750. The summed E-state index contributed by atoms with van der Waals surface area (Å²) in [6, 6.07) is 28.2. The first kappa shape index (κ1) is 41.5. The summed E-state index contributed by atoms with van der Waals surface area (Å²) in [6.07, 6.45) is 5.95. The Labute approximate surface area is 335 Å². The lowest BCUT2D eigenvalue weighted by atomic mass is 10.1. The number of nitriles is 2. The van der Waals surface area contributed by atoms with E-state index >= 15 is 0 Å². The molecule has 0 spiro atoms. The van der Waals surface area contributed by atoms with Crippen LogP contribution in [0.1, 0.15) is 11.1 Å². The van der Waals surface area contributed by atoms with E-state index in [1.54, 1.807) is 83.7 Å². The molecule has 296 valence electrons. The number of aliphatic carboxylic acids is 2. The van der Waals surface area contributed by atoms with E-state index in [2.05, 4.69) is 10.6 Å². The number of carbonyl (C=O) groups excluding carboxylic acids is 2. The molecule has 0 aliphatic heterocycles. The maximum atomic E-state index is 12.7. The third-order valence-electron chi connectivity index (χ3n) is 8.50. The van der Waals surface area contributed by atoms with Gasteiger partial charge in [0.25, 0.3) is 17.5 Å². The van der Waals surface area contributed by atoms with E-state index in [0.29, 0.717) is 44.7 Å². The van der Waals surface area contributed by atoms with Gasteiger partial charge in [-0.15, -0.1) is 0 Å². The first-order valence-corrected chi connectivity index (χ1v) is 17.3. The number of aromatic nitrogens is 2. The summed E-state index contributed by atoms with van der Waals surface area (Å²) in [6.45, 7) is -0.498. The van der Waals surface area contributed by atoms with Gasteiger partial charge in [-0.05, 0) is 30.4 Å². The van der Waals surface area contributed by atoms with E-state index in [9.17, 15) is 39.8 Å². The van der Waals surface area contributed by atoms with Crippen LogP contribution in [0.15, 0.2) is 115 Å². The van der Waals surface area contributed by atoms with E-state index in [4.69, 9.17) is 19.7 Å². The van der Waals surface area contributed by atoms with Crippen LogP contribution in [-0.4, -0.2) is 62.2 Å². The molecule has 0 saturated carbocycles. The van der Waals surface area contributed by atoms with Crippen LogP contribution in [0.5, 0.6) is 11.5 Å². The molecular weight excluding hydrogens is 763 g/mol. The lowest BCUT2D eigenvalue weighted by molar-refractivity contribution is -0.384. The fourth-order valence-corrected chi connectivity index (χ4v) is 5.92. The Morgan fingerprint density at radius 2 is 1.15 bits per heavy atom. The summed E-state index contributed by atoms with van der Waals surface area (Å²) in [5.74, 6) is -2.37. The summed E-state index contributed by atoms with van der Waals surface area (Å²) in [5, 5.41) is 54.6. The average molecular weight is 796 g/mol. The molecule has 2 heterocycles. The standard InChI is InChI=1S/C22H19N3O5.C20H14N4O5/c1-29-17-8-16(9-18(10-17)30-2)24-22(28)14(11-23)7-15-12-25(13-21(26)27)20-6-4-3-5-19(15)20;21-10-13(20(27)22-15-4-3-5-16(9-15)24(28)29)8-14-11-23(12-19(25)26)18-7-2-1-6-17(14)18/h3-10,12H,13H2,1-2H3,(H,24,28)(H,26,27);1-9,11H,12H2,(H,22,27)(H,25,26)/b14-7+;13-8+. The van der Waals surface area contributed by atoms with Gasteiger partial charge in [0.05, 0.1) is 19.1 Å². The number of hydrogen-bond acceptors (Lipinski definition) is 10. The number of carboxylic acid groups (broad SMARTS) is 2. The zero-order chi connectivity index (χ0) is 42.6. The number of non-ortho nitro benzene ring substituents is 1. The van der Waals surface area contributed by atoms with Crippen molar-refractivity contribution in [2.24, 2.45) is 0 Å². The second-order valence-electron chi connectivity index (χ2n) is 12.4. The van der Waals surface area contributed by atoms with Gasteiger partial charge in [0.2, 0.25) is 0 Å². The van der Waals surface area contributed by atoms with Gasteiger partial charge < -0.3 is 39.5 Å². The maximum absolute atomic E-state index is 12.7. The predicted octanol–water partition coefficient (Wildman–Crippen LogP) is 6.47. The summed E-state index contributed by atoms with van der Waals surface area (Å²) >= 11 is 0. The molecule has 0 unspecified atom stereocenters. The van der Waals surface area contributed by atoms with Gasteiger partial charge >= 0.3 is 11.9 Å². The van der Waals surface area contributed by atoms with Gasteiger partial charge in [-0.1, -0.05) is 42.5 Å². The van der Waals surface area contributed by atoms with Gasteiger partial charge in [0.1, 0.15) is 47.9 Å². The molecule has 17 heteroatoms. The molecular formula is C42H33N7O10. The number of carboxylic acids is 2. The number of para-hydroxylation sites is 2. The molecule has 4 aromatic carbocycles. The molecule has 17 nitrogen and oxygen atoms in total. The number of methoxy groups -OCH3 is 2. The number of hydrogen-bond donors (Lipinski definition) is 4. The molecule has 0 atom stereocenters. The van der Waals surface area contributed by atoms with Crippen molar-refractivity contribution >= 4 is 74.8 Å². The summed E-state index contributed by atoms with van der Waals surface area (Å²) in [5.41, 5.74) is 2.46. The number of nitro benzene ring substituents is 1. The van der Waals surface area contributed by atoms with Crippen molar-refractivity contribution in [2.45, 2.75) is 13.1 Å². The maximum Gasteiger partial charge on any atom is 0.323 e. The molecule has 59 heavy (non-hydrogen) atoms. The predicted molar refractivity (Wildman–Crippen MR) is 216 cm³/mol. The topological polar surface area (TPSA) is 252 Å². The van der Waals surface area contributed by atoms with E-state index < -0.39 is 28.7 Å². The van der Waals surface area contributed by atoms with Crippen molar-refractivity contribution in [3.8, 4) is 23.6 Å². The minimum atomic E-state index is -1.02. The second kappa shape index (κ2) is 18.8. The van der Waals surface area contributed by atoms with E-state index in [1.165, 1.54) is 55.2 Å². The fourth-order valence-electron chi connectivity index (χ4n) is 5.92. The third kappa shape index (κ3) is 10.3. The van der Waals surface area contributed by atoms with Crippen molar-refractivity contribution < 1.29 is 43.8 Å². The van der Waals surface area contributed by atoms with Crippen LogP contribution in [0, 0.1) is 32.8 Å². The van der Waals surface area contributed by atoms with E-state index in [-0.39, 0.29) is 35.6 Å². The Morgan fingerprint density at radius 1 is 0.695 bits per heavy atom. The molecule has 0 radical (unpaired) electrons. The SMILES string of the molecule is COc1cc(NC(=O)/C(C#N)=C/c2cn(CC(=O)O)c3ccccc23)cc(OC)c1.N#C/C(=C\c1cn(CC(=O)O)c2ccccc12)C(=O)Nc1cccc([N+](=O)[O-])c1. The van der Waals surface area contributed by atoms with Crippen molar-refractivity contribution in [3.63, 3.8) is 0 Å². The van der Waals surface area contributed by atoms with Gasteiger partial charge in [0, 0.05) is 87.0 Å². The molecule has 0 fully saturated rings. The highest BCUT2D eigenvalue weighted by atomic mass is 16.6. The number of carbonyl (C=O) groups is 4. The lowest BCUT2D eigenvalue weighted by Crippen LogP contribution is -2.13. The Hall–Kier alpha value is -8.70. The van der Waals surface area contributed by atoms with Crippen LogP contribution in [0.4, 0.5) is 17.1 Å². The normalized spacial score (nSPS) is 11.1. The molecule has 4 N–H and O–H groups in total. The second-order valence-corrected chi connectivity index (χ2v) is 12.4. The molecule has 2 aromatic heterocycles. The number of nitrogens with zero attached hydrogens (tertiary/aromatic N) is 5. The van der Waals surface area contributed by atoms with Crippen molar-refractivity contribution in [3.05, 3.63) is 136 Å². The zero-order valence-electron chi connectivity index (χ0n) is 31.3. The minimum Gasteiger partial charge on any atom is -0.497 e. The highest BCUT2D eigenvalue weighted by molar-refractivity contribution is 6.12. The minimum absolute atomic E-state index is 0.130. The molecule has 2 amide bonds. The molecule has 0 saturated heterocycles. The molecule has 6 aromatic rings. The highest BCUT2D eigenvalue weighted by Gasteiger charge is 2.17. The van der Waals surface area contributed by atoms with Gasteiger partial charge in [0.15, 0.2) is 0 Å². The fraction of sp³-hybridized carbons (Fsp3) is 0.0952. The first-order chi connectivity index (χ1) is 28.3. The number of benzene rings is 4. The van der Waals surface area contributed by atoms with Crippen molar-refractivity contribution in [1.29, 1.82) is 10.5 Å². The van der Waals surface area contributed by atoms with Crippen molar-refractivity contribution in [2.75, 3.05) is 24.9 Å². The Balaban J connectivity index is 0.000000224. The summed E-state index contributed by atoms with van der Waals surface area (Å²) < 4.78 is 13.4. The van der Waals surface area contributed by atoms with Gasteiger partial charge in [-0.3, -0.25) is 29.3 Å². The van der Waals surface area contributed by atoms with Crippen LogP contribution >= 0.6 is 0 Å². The van der Waals surface area contributed by atoms with Gasteiger partial charge in [-0.2, -0.15) is 10.5 Å². The smallest absolute Gasteiger partial charge is 0.323 e. The van der Waals surface area contributed by atoms with Crippen LogP contribution in [-0.2, 0) is 32.3 Å². The quantitative estimate of drug-likeness (QED) is 0.0425. The molecule has 0 aliphatic rings. The average Bonchev–Trinajstić information content (AvgIpc) is 3.74. The van der Waals surface area contributed by atoms with E-state index in [1.807, 2.05) is 12.1 Å². The third-order valence-corrected chi connectivity index (χ3v) is 8.50. The Morgan fingerprint density at radius 3 is 1.58 bits per heavy atom. The number of ether oxygens (including phenoxy) is 2. The Kier molecular flexibility index (Phi) is 13.2. The van der Waals surface area contributed by atoms with Crippen molar-refractivity contribution in [1.82, 2.24) is 9.13 Å². The summed E-state index contributed by atoms with van der Waals surface area (Å²) in [4.78, 5) is 57.7. The van der Waals surface area contributed by atoms with E-state index in [0.717, 1.165) is 5.39 Å². The van der Waals surface area contributed by atoms with Crippen LogP contribution in [0.25, 0.3) is 34.0 Å². The van der Waals surface area contributed by atoms with Crippen LogP contribution < -0.4 is 20.1 Å². The number of fused-ring (bicyclic) bond motifs is 2. The first-order valence-electron chi connectivity index (χ1n) is 17.3. The number of amides is 2.